The van der Waals surface area contributed by atoms with E-state index in [9.17, 15) is 13.0 Å². The quantitative estimate of drug-likeness (QED) is 0.553. The zero-order valence-electron chi connectivity index (χ0n) is 7.96. The number of nitrogens with zero attached hydrogens (tertiary/aromatic N) is 2. The van der Waals surface area contributed by atoms with Gasteiger partial charge in [-0.05, 0) is 12.1 Å². The van der Waals surface area contributed by atoms with Crippen LogP contribution in [0.3, 0.4) is 0 Å². The monoisotopic (exact) mass is 282 g/mol. The van der Waals surface area contributed by atoms with Gasteiger partial charge in [0.2, 0.25) is 5.39 Å². The van der Waals surface area contributed by atoms with Crippen molar-refractivity contribution in [2.24, 2.45) is 0 Å². The van der Waals surface area contributed by atoms with Crippen LogP contribution in [0, 0.1) is 5.39 Å². The average molecular weight is 282 g/mol. The zero-order chi connectivity index (χ0) is 13.7. The minimum Gasteiger partial charge on any atom is -0.744 e. The van der Waals surface area contributed by atoms with Crippen LogP contribution in [0.15, 0.2) is 29.2 Å². The second-order valence-electron chi connectivity index (χ2n) is 2.50. The highest BCUT2D eigenvalue weighted by Gasteiger charge is 2.05. The molecule has 0 saturated heterocycles. The van der Waals surface area contributed by atoms with Crippen LogP contribution < -0.4 is 0 Å². The topological polar surface area (TPSA) is 160 Å². The molecule has 9 nitrogen and oxygen atoms in total. The van der Waals surface area contributed by atoms with Gasteiger partial charge in [0.15, 0.2) is 4.98 Å². The molecule has 0 spiro atoms. The van der Waals surface area contributed by atoms with E-state index < -0.39 is 20.5 Å². The van der Waals surface area contributed by atoms with E-state index in [0.717, 1.165) is 12.1 Å². The van der Waals surface area contributed by atoms with Gasteiger partial charge in [0.05, 0.1) is 4.90 Å². The molecule has 1 rings (SSSR count). The van der Waals surface area contributed by atoms with E-state index in [1.807, 2.05) is 0 Å². The Morgan fingerprint density at radius 3 is 1.65 bits per heavy atom. The van der Waals surface area contributed by atoms with Crippen molar-refractivity contribution in [3.63, 3.8) is 0 Å². The van der Waals surface area contributed by atoms with Crippen LogP contribution in [-0.2, 0) is 20.5 Å². The predicted octanol–water partition coefficient (Wildman–Crippen LogP) is 0.422. The first-order valence-electron chi connectivity index (χ1n) is 3.65. The molecule has 0 aliphatic heterocycles. The van der Waals surface area contributed by atoms with Gasteiger partial charge in [-0.15, -0.1) is 0 Å². The van der Waals surface area contributed by atoms with Crippen LogP contribution in [0.25, 0.3) is 4.98 Å². The van der Waals surface area contributed by atoms with E-state index in [4.69, 9.17) is 22.9 Å². The molecule has 17 heavy (non-hydrogen) atoms. The normalized spacial score (nSPS) is 10.9. The fourth-order valence-corrected chi connectivity index (χ4v) is 1.15. The fourth-order valence-electron chi connectivity index (χ4n) is 0.679. The van der Waals surface area contributed by atoms with E-state index in [1.165, 1.54) is 12.1 Å². The minimum absolute atomic E-state index is 0.197. The van der Waals surface area contributed by atoms with Crippen LogP contribution in [0.4, 0.5) is 5.69 Å². The minimum atomic E-state index is -4.67. The van der Waals surface area contributed by atoms with Crippen molar-refractivity contribution in [1.82, 2.24) is 0 Å². The highest BCUT2D eigenvalue weighted by molar-refractivity contribution is 7.85. The predicted molar refractivity (Wildman–Crippen MR) is 53.3 cm³/mol. The summed E-state index contributed by atoms with van der Waals surface area (Å²) >= 11 is 0. The molecule has 1 aromatic rings. The van der Waals surface area contributed by atoms with Crippen molar-refractivity contribution in [3.8, 4) is 0 Å². The lowest BCUT2D eigenvalue weighted by Crippen LogP contribution is -1.96. The number of hydrogen-bond donors (Lipinski definition) is 2. The van der Waals surface area contributed by atoms with Gasteiger partial charge in [-0.25, -0.2) is 8.42 Å². The standard InChI is InChI=1S/C6H4N2O3S.H2O4S/c7-8-5-1-3-6(4-2-5)12(9,10)11;1-5(2,3)4/h1-4H;(H2,1,2,3,4). The van der Waals surface area contributed by atoms with Gasteiger partial charge in [-0.2, -0.15) is 8.42 Å². The third kappa shape index (κ3) is 8.25. The number of rotatable bonds is 1. The van der Waals surface area contributed by atoms with E-state index in [0.29, 0.717) is 0 Å². The third-order valence-electron chi connectivity index (χ3n) is 1.24. The van der Waals surface area contributed by atoms with Gasteiger partial charge in [-0.1, -0.05) is 0 Å². The first-order valence-corrected chi connectivity index (χ1v) is 6.45. The molecular formula is C6H6N2O7S2. The molecule has 0 radical (unpaired) electrons. The maximum Gasteiger partial charge on any atom is 0.394 e. The maximum absolute atomic E-state index is 10.4. The average Bonchev–Trinajstić information content (AvgIpc) is 2.14. The summed E-state index contributed by atoms with van der Waals surface area (Å²) in [6.07, 6.45) is 0. The highest BCUT2D eigenvalue weighted by Crippen LogP contribution is 2.15. The van der Waals surface area contributed by atoms with E-state index in [1.54, 1.807) is 0 Å². The molecule has 0 unspecified atom stereocenters. The van der Waals surface area contributed by atoms with Crippen molar-refractivity contribution >= 4 is 26.2 Å². The molecule has 0 aromatic heterocycles. The molecule has 0 saturated carbocycles. The number of diazo groups is 1. The summed E-state index contributed by atoms with van der Waals surface area (Å²) in [4.78, 5) is 2.46. The Morgan fingerprint density at radius 1 is 1.06 bits per heavy atom. The van der Waals surface area contributed by atoms with Gasteiger partial charge in [0.25, 0.3) is 0 Å². The Hall–Kier alpha value is -1.58. The molecule has 11 heteroatoms. The Kier molecular flexibility index (Phi) is 5.13. The van der Waals surface area contributed by atoms with Gasteiger partial charge >= 0.3 is 16.1 Å². The Bertz CT molecular complexity index is 603. The summed E-state index contributed by atoms with van der Waals surface area (Å²) < 4.78 is 62.7. The van der Waals surface area contributed by atoms with Gasteiger partial charge < -0.3 is 4.55 Å². The number of benzene rings is 1. The molecule has 0 heterocycles. The van der Waals surface area contributed by atoms with E-state index in [-0.39, 0.29) is 10.6 Å². The van der Waals surface area contributed by atoms with Crippen molar-refractivity contribution in [2.45, 2.75) is 4.90 Å². The largest absolute Gasteiger partial charge is 0.744 e. The maximum atomic E-state index is 10.4. The Balaban J connectivity index is 0.000000437. The first-order chi connectivity index (χ1) is 7.54. The molecule has 0 atom stereocenters. The van der Waals surface area contributed by atoms with Crippen molar-refractivity contribution in [3.05, 3.63) is 29.2 Å². The molecule has 0 aliphatic carbocycles. The lowest BCUT2D eigenvalue weighted by atomic mass is 10.3. The molecule has 0 amide bonds. The molecule has 0 aliphatic rings. The lowest BCUT2D eigenvalue weighted by molar-refractivity contribution is 0.381. The van der Waals surface area contributed by atoms with Crippen LogP contribution in [-0.4, -0.2) is 30.5 Å². The van der Waals surface area contributed by atoms with Crippen LogP contribution in [0.5, 0.6) is 0 Å². The Labute approximate surface area is 96.7 Å². The first kappa shape index (κ1) is 15.4. The lowest BCUT2D eigenvalue weighted by Gasteiger charge is -2.03. The van der Waals surface area contributed by atoms with Gasteiger partial charge in [-0.3, -0.25) is 9.11 Å². The van der Waals surface area contributed by atoms with Crippen molar-refractivity contribution in [2.75, 3.05) is 0 Å². The smallest absolute Gasteiger partial charge is 0.394 e. The summed E-state index contributed by atoms with van der Waals surface area (Å²) in [6.45, 7) is 0. The molecular weight excluding hydrogens is 276 g/mol. The van der Waals surface area contributed by atoms with Crippen molar-refractivity contribution < 1.29 is 30.5 Å². The summed E-state index contributed by atoms with van der Waals surface area (Å²) in [7, 11) is -9.07. The van der Waals surface area contributed by atoms with E-state index in [2.05, 4.69) is 4.98 Å². The third-order valence-corrected chi connectivity index (χ3v) is 2.09. The van der Waals surface area contributed by atoms with E-state index >= 15 is 0 Å². The van der Waals surface area contributed by atoms with Crippen LogP contribution in [0.1, 0.15) is 0 Å². The summed E-state index contributed by atoms with van der Waals surface area (Å²) in [5.41, 5.74) is 0.197. The molecule has 2 N–H and O–H groups in total. The van der Waals surface area contributed by atoms with Gasteiger partial charge in [0, 0.05) is 12.1 Å². The van der Waals surface area contributed by atoms with Crippen LogP contribution in [0.2, 0.25) is 0 Å². The second-order valence-corrected chi connectivity index (χ2v) is 4.77. The second kappa shape index (κ2) is 5.66. The fraction of sp³-hybridized carbons (Fsp3) is 0. The summed E-state index contributed by atoms with van der Waals surface area (Å²) in [5, 5.41) is 8.23. The summed E-state index contributed by atoms with van der Waals surface area (Å²) in [5.74, 6) is 0. The van der Waals surface area contributed by atoms with Crippen molar-refractivity contribution in [1.29, 1.82) is 5.39 Å². The highest BCUT2D eigenvalue weighted by atomic mass is 32.3. The SMILES string of the molecule is N#[N+]c1ccc(S(=O)(=O)[O-])cc1.O=S(=O)(O)O. The molecule has 0 fully saturated rings. The number of hydrogen-bond acceptors (Lipinski definition) is 6. The zero-order valence-corrected chi connectivity index (χ0v) is 9.59. The van der Waals surface area contributed by atoms with Crippen LogP contribution >= 0.6 is 0 Å². The summed E-state index contributed by atoms with van der Waals surface area (Å²) in [6, 6.07) is 4.62. The molecule has 0 bridgehead atoms. The Morgan fingerprint density at radius 2 is 1.41 bits per heavy atom. The van der Waals surface area contributed by atoms with Gasteiger partial charge in [0.1, 0.15) is 10.1 Å². The molecule has 1 aromatic carbocycles. The molecule has 94 valence electrons.